The molecule has 1 aliphatic heterocycles. The van der Waals surface area contributed by atoms with Gasteiger partial charge in [0.1, 0.15) is 0 Å². The van der Waals surface area contributed by atoms with Crippen LogP contribution in [0.25, 0.3) is 0 Å². The van der Waals surface area contributed by atoms with E-state index in [2.05, 4.69) is 0 Å². The van der Waals surface area contributed by atoms with Crippen molar-refractivity contribution in [2.24, 2.45) is 11.3 Å². The summed E-state index contributed by atoms with van der Waals surface area (Å²) in [5.41, 5.74) is -1.16. The first kappa shape index (κ1) is 11.2. The lowest BCUT2D eigenvalue weighted by molar-refractivity contribution is -0.200. The molecule has 0 radical (unpaired) electrons. The Bertz CT molecular complexity index is 281. The van der Waals surface area contributed by atoms with Gasteiger partial charge in [0.05, 0.1) is 18.1 Å². The molecule has 1 saturated heterocycles. The minimum absolute atomic E-state index is 0.266. The summed E-state index contributed by atoms with van der Waals surface area (Å²) < 4.78 is 5.17. The summed E-state index contributed by atoms with van der Waals surface area (Å²) >= 11 is 5.68. The number of hydrogen-bond acceptors (Lipinski definition) is 3. The third-order valence-electron chi connectivity index (χ3n) is 4.12. The lowest BCUT2D eigenvalue weighted by Gasteiger charge is -2.47. The molecule has 4 heteroatoms. The van der Waals surface area contributed by atoms with Crippen LogP contribution in [0.15, 0.2) is 0 Å². The number of aliphatic hydroxyl groups is 1. The highest BCUT2D eigenvalue weighted by Gasteiger charge is 2.60. The SMILES string of the molecule is C[C@]12CCC[C@@]1(O)C(CCCl)C(=O)OC2. The van der Waals surface area contributed by atoms with Crippen molar-refractivity contribution in [2.75, 3.05) is 12.5 Å². The van der Waals surface area contributed by atoms with Gasteiger partial charge >= 0.3 is 5.97 Å². The van der Waals surface area contributed by atoms with E-state index in [1.807, 2.05) is 6.92 Å². The Labute approximate surface area is 94.7 Å². The number of carbonyl (C=O) groups is 1. The molecule has 1 unspecified atom stereocenters. The molecule has 0 aromatic heterocycles. The van der Waals surface area contributed by atoms with Crippen LogP contribution < -0.4 is 0 Å². The van der Waals surface area contributed by atoms with Crippen molar-refractivity contribution in [3.8, 4) is 0 Å². The van der Waals surface area contributed by atoms with E-state index in [1.54, 1.807) is 0 Å². The first-order valence-electron chi connectivity index (χ1n) is 5.48. The molecule has 1 heterocycles. The monoisotopic (exact) mass is 232 g/mol. The Hall–Kier alpha value is -0.280. The van der Waals surface area contributed by atoms with Crippen LogP contribution in [-0.2, 0) is 9.53 Å². The van der Waals surface area contributed by atoms with Crippen LogP contribution in [0.5, 0.6) is 0 Å². The first-order valence-corrected chi connectivity index (χ1v) is 6.02. The number of rotatable bonds is 2. The Kier molecular flexibility index (Phi) is 2.72. The second kappa shape index (κ2) is 3.63. The van der Waals surface area contributed by atoms with E-state index in [9.17, 15) is 9.90 Å². The van der Waals surface area contributed by atoms with Crippen LogP contribution in [0.1, 0.15) is 32.6 Å². The summed E-state index contributed by atoms with van der Waals surface area (Å²) in [6.45, 7) is 2.36. The van der Waals surface area contributed by atoms with E-state index >= 15 is 0 Å². The molecular formula is C11H17ClO3. The molecule has 2 rings (SSSR count). The Balaban J connectivity index is 2.30. The van der Waals surface area contributed by atoms with E-state index in [0.717, 1.165) is 12.8 Å². The molecule has 2 aliphatic rings. The van der Waals surface area contributed by atoms with Gasteiger partial charge in [0.2, 0.25) is 0 Å². The van der Waals surface area contributed by atoms with Gasteiger partial charge in [-0.15, -0.1) is 11.6 Å². The van der Waals surface area contributed by atoms with Gasteiger partial charge in [0, 0.05) is 11.3 Å². The van der Waals surface area contributed by atoms with Gasteiger partial charge < -0.3 is 9.84 Å². The Morgan fingerprint density at radius 1 is 1.60 bits per heavy atom. The van der Waals surface area contributed by atoms with Crippen molar-refractivity contribution in [2.45, 2.75) is 38.2 Å². The fourth-order valence-corrected chi connectivity index (χ4v) is 3.27. The van der Waals surface area contributed by atoms with Crippen molar-refractivity contribution in [1.29, 1.82) is 0 Å². The summed E-state index contributed by atoms with van der Waals surface area (Å²) in [7, 11) is 0. The molecule has 0 amide bonds. The second-order valence-corrected chi connectivity index (χ2v) is 5.35. The number of esters is 1. The molecule has 0 aromatic rings. The standard InChI is InChI=1S/C11H17ClO3/c1-10-4-2-5-11(10,14)8(3-6-12)9(13)15-7-10/h8,14H,2-7H2,1H3/t8?,10-,11-/m1/s1. The molecule has 1 N–H and O–H groups in total. The lowest BCUT2D eigenvalue weighted by atomic mass is 9.67. The zero-order chi connectivity index (χ0) is 11.1. The molecule has 3 nitrogen and oxygen atoms in total. The molecule has 3 atom stereocenters. The van der Waals surface area contributed by atoms with Gasteiger partial charge in [-0.3, -0.25) is 4.79 Å². The van der Waals surface area contributed by atoms with Gasteiger partial charge in [0.25, 0.3) is 0 Å². The van der Waals surface area contributed by atoms with E-state index in [1.165, 1.54) is 0 Å². The van der Waals surface area contributed by atoms with E-state index in [4.69, 9.17) is 16.3 Å². The largest absolute Gasteiger partial charge is 0.465 e. The highest BCUT2D eigenvalue weighted by Crippen LogP contribution is 2.53. The summed E-state index contributed by atoms with van der Waals surface area (Å²) in [6, 6.07) is 0. The quantitative estimate of drug-likeness (QED) is 0.583. The maximum absolute atomic E-state index is 11.6. The average molecular weight is 233 g/mol. The van der Waals surface area contributed by atoms with Crippen molar-refractivity contribution in [3.05, 3.63) is 0 Å². The maximum Gasteiger partial charge on any atom is 0.311 e. The van der Waals surface area contributed by atoms with Gasteiger partial charge in [-0.1, -0.05) is 6.92 Å². The van der Waals surface area contributed by atoms with Crippen LogP contribution in [0, 0.1) is 11.3 Å². The number of halogens is 1. The van der Waals surface area contributed by atoms with Gasteiger partial charge in [-0.2, -0.15) is 0 Å². The van der Waals surface area contributed by atoms with Crippen molar-refractivity contribution >= 4 is 17.6 Å². The summed E-state index contributed by atoms with van der Waals surface area (Å²) in [5.74, 6) is -0.327. The first-order chi connectivity index (χ1) is 7.03. The van der Waals surface area contributed by atoms with Gasteiger partial charge in [-0.25, -0.2) is 0 Å². The van der Waals surface area contributed by atoms with Crippen molar-refractivity contribution < 1.29 is 14.6 Å². The summed E-state index contributed by atoms with van der Waals surface area (Å²) in [4.78, 5) is 11.6. The molecule has 0 spiro atoms. The predicted molar refractivity (Wildman–Crippen MR) is 56.7 cm³/mol. The highest BCUT2D eigenvalue weighted by molar-refractivity contribution is 6.18. The summed E-state index contributed by atoms with van der Waals surface area (Å²) in [5, 5.41) is 10.7. The number of hydrogen-bond donors (Lipinski definition) is 1. The average Bonchev–Trinajstić information content (AvgIpc) is 2.50. The van der Waals surface area contributed by atoms with E-state index < -0.39 is 11.5 Å². The van der Waals surface area contributed by atoms with Crippen LogP contribution in [0.2, 0.25) is 0 Å². The van der Waals surface area contributed by atoms with Crippen molar-refractivity contribution in [3.63, 3.8) is 0 Å². The highest BCUT2D eigenvalue weighted by atomic mass is 35.5. The third kappa shape index (κ3) is 1.48. The second-order valence-electron chi connectivity index (χ2n) is 4.98. The predicted octanol–water partition coefficient (Wildman–Crippen LogP) is 1.71. The molecule has 0 aromatic carbocycles. The molecule has 1 saturated carbocycles. The fourth-order valence-electron chi connectivity index (χ4n) is 3.05. The molecule has 1 aliphatic carbocycles. The number of fused-ring (bicyclic) bond motifs is 1. The zero-order valence-corrected chi connectivity index (χ0v) is 9.72. The van der Waals surface area contributed by atoms with Gasteiger partial charge in [-0.05, 0) is 25.7 Å². The lowest BCUT2D eigenvalue weighted by Crippen LogP contribution is -2.58. The van der Waals surface area contributed by atoms with Crippen molar-refractivity contribution in [1.82, 2.24) is 0 Å². The zero-order valence-electron chi connectivity index (χ0n) is 8.96. The smallest absolute Gasteiger partial charge is 0.311 e. The van der Waals surface area contributed by atoms with Crippen LogP contribution in [0.4, 0.5) is 0 Å². The van der Waals surface area contributed by atoms with E-state index in [0.29, 0.717) is 25.3 Å². The Morgan fingerprint density at radius 3 is 3.00 bits per heavy atom. The fraction of sp³-hybridized carbons (Fsp3) is 0.909. The van der Waals surface area contributed by atoms with Gasteiger partial charge in [0.15, 0.2) is 0 Å². The Morgan fingerprint density at radius 2 is 2.33 bits per heavy atom. The minimum Gasteiger partial charge on any atom is -0.465 e. The maximum atomic E-state index is 11.6. The minimum atomic E-state index is -0.892. The van der Waals surface area contributed by atoms with Crippen LogP contribution >= 0.6 is 11.6 Å². The molecule has 15 heavy (non-hydrogen) atoms. The molecule has 2 fully saturated rings. The normalized spacial score (nSPS) is 45.0. The van der Waals surface area contributed by atoms with E-state index in [-0.39, 0.29) is 11.4 Å². The molecule has 0 bridgehead atoms. The number of cyclic esters (lactones) is 1. The third-order valence-corrected chi connectivity index (χ3v) is 4.34. The molecule has 86 valence electrons. The number of ether oxygens (including phenoxy) is 1. The molecular weight excluding hydrogens is 216 g/mol. The number of alkyl halides is 1. The van der Waals surface area contributed by atoms with Crippen LogP contribution in [-0.4, -0.2) is 29.2 Å². The summed E-state index contributed by atoms with van der Waals surface area (Å²) in [6.07, 6.45) is 3.09. The topological polar surface area (TPSA) is 46.5 Å². The van der Waals surface area contributed by atoms with Crippen LogP contribution in [0.3, 0.4) is 0 Å². The number of carbonyl (C=O) groups excluding carboxylic acids is 1.